The summed E-state index contributed by atoms with van der Waals surface area (Å²) < 4.78 is 39.0. The quantitative estimate of drug-likeness (QED) is 0.619. The molecule has 1 fully saturated rings. The van der Waals surface area contributed by atoms with Crippen molar-refractivity contribution in [2.75, 3.05) is 23.3 Å². The lowest BCUT2D eigenvalue weighted by Crippen LogP contribution is -2.49. The van der Waals surface area contributed by atoms with Gasteiger partial charge in [0.25, 0.3) is 0 Å². The Kier molecular flexibility index (Phi) is 6.81. The number of alkyl halides is 3. The van der Waals surface area contributed by atoms with Crippen LogP contribution in [0.15, 0.2) is 48.5 Å². The minimum atomic E-state index is -4.42. The first kappa shape index (κ1) is 23.6. The summed E-state index contributed by atoms with van der Waals surface area (Å²) in [6.45, 7) is 7.08. The van der Waals surface area contributed by atoms with E-state index in [-0.39, 0.29) is 23.9 Å². The third-order valence-electron chi connectivity index (χ3n) is 5.09. The van der Waals surface area contributed by atoms with E-state index in [0.29, 0.717) is 42.9 Å². The minimum Gasteiger partial charge on any atom is -0.326 e. The van der Waals surface area contributed by atoms with E-state index in [1.54, 1.807) is 40.1 Å². The molecular weight excluding hydrogens is 419 g/mol. The van der Waals surface area contributed by atoms with Gasteiger partial charge < -0.3 is 10.2 Å². The third-order valence-corrected chi connectivity index (χ3v) is 5.09. The molecule has 0 aliphatic carbocycles. The summed E-state index contributed by atoms with van der Waals surface area (Å²) in [5.74, 6) is -0.0773. The van der Waals surface area contributed by atoms with E-state index in [4.69, 9.17) is 0 Å². The monoisotopic (exact) mass is 447 g/mol. The molecule has 0 unspecified atom stereocenters. The van der Waals surface area contributed by atoms with Crippen LogP contribution < -0.4 is 10.2 Å². The molecule has 1 aliphatic rings. The lowest BCUT2D eigenvalue weighted by molar-refractivity contribution is -0.137. The van der Waals surface area contributed by atoms with Crippen molar-refractivity contribution in [1.82, 2.24) is 4.90 Å². The SMILES string of the molecule is CC(C)(C)CC(=O)Nc1ccc(N2CCCN(Cc3cccc(C(F)(F)F)c3)C2=O)cc1. The van der Waals surface area contributed by atoms with Crippen LogP contribution >= 0.6 is 0 Å². The summed E-state index contributed by atoms with van der Waals surface area (Å²) >= 11 is 0. The maximum Gasteiger partial charge on any atom is 0.416 e. The number of anilines is 2. The van der Waals surface area contributed by atoms with Gasteiger partial charge in [-0.1, -0.05) is 32.9 Å². The zero-order chi connectivity index (χ0) is 23.5. The van der Waals surface area contributed by atoms with E-state index in [9.17, 15) is 22.8 Å². The second kappa shape index (κ2) is 9.22. The van der Waals surface area contributed by atoms with Gasteiger partial charge in [-0.3, -0.25) is 9.69 Å². The zero-order valence-corrected chi connectivity index (χ0v) is 18.5. The first-order valence-electron chi connectivity index (χ1n) is 10.5. The van der Waals surface area contributed by atoms with E-state index < -0.39 is 11.7 Å². The molecule has 5 nitrogen and oxygen atoms in total. The summed E-state index contributed by atoms with van der Waals surface area (Å²) in [5.41, 5.74) is 0.922. The summed E-state index contributed by atoms with van der Waals surface area (Å²) in [5, 5.41) is 2.85. The van der Waals surface area contributed by atoms with Gasteiger partial charge in [0.1, 0.15) is 0 Å². The van der Waals surface area contributed by atoms with E-state index >= 15 is 0 Å². The van der Waals surface area contributed by atoms with E-state index in [0.717, 1.165) is 12.1 Å². The Balaban J connectivity index is 1.67. The van der Waals surface area contributed by atoms with Crippen LogP contribution in [-0.4, -0.2) is 29.9 Å². The van der Waals surface area contributed by atoms with Crippen LogP contribution in [0.2, 0.25) is 0 Å². The molecule has 3 amide bonds. The molecule has 172 valence electrons. The molecule has 1 aliphatic heterocycles. The van der Waals surface area contributed by atoms with Crippen LogP contribution in [0.3, 0.4) is 0 Å². The fourth-order valence-corrected chi connectivity index (χ4v) is 3.65. The Morgan fingerprint density at radius 3 is 2.34 bits per heavy atom. The normalized spacial score (nSPS) is 15.1. The molecule has 1 N–H and O–H groups in total. The number of nitrogens with zero attached hydrogens (tertiary/aromatic N) is 2. The van der Waals surface area contributed by atoms with Crippen molar-refractivity contribution in [3.8, 4) is 0 Å². The topological polar surface area (TPSA) is 52.7 Å². The number of halogens is 3. The number of hydrogen-bond donors (Lipinski definition) is 1. The number of rotatable bonds is 5. The van der Waals surface area contributed by atoms with Crippen LogP contribution in [0, 0.1) is 5.41 Å². The summed E-state index contributed by atoms with van der Waals surface area (Å²) in [6.07, 6.45) is -3.32. The van der Waals surface area contributed by atoms with Crippen molar-refractivity contribution in [2.24, 2.45) is 5.41 Å². The summed E-state index contributed by atoms with van der Waals surface area (Å²) in [4.78, 5) is 28.3. The van der Waals surface area contributed by atoms with Crippen molar-refractivity contribution < 1.29 is 22.8 Å². The molecule has 8 heteroatoms. The lowest BCUT2D eigenvalue weighted by atomic mass is 9.92. The van der Waals surface area contributed by atoms with E-state index in [2.05, 4.69) is 5.32 Å². The number of benzene rings is 2. The zero-order valence-electron chi connectivity index (χ0n) is 18.5. The number of carbonyl (C=O) groups is 2. The van der Waals surface area contributed by atoms with Gasteiger partial charge in [-0.15, -0.1) is 0 Å². The van der Waals surface area contributed by atoms with Gasteiger partial charge in [0.2, 0.25) is 5.91 Å². The van der Waals surface area contributed by atoms with Crippen LogP contribution in [0.1, 0.15) is 44.7 Å². The third kappa shape index (κ3) is 6.24. The van der Waals surface area contributed by atoms with Crippen LogP contribution in [-0.2, 0) is 17.5 Å². The number of urea groups is 1. The first-order chi connectivity index (χ1) is 14.9. The van der Waals surface area contributed by atoms with Crippen molar-refractivity contribution >= 4 is 23.3 Å². The van der Waals surface area contributed by atoms with Gasteiger partial charge in [-0.05, 0) is 53.8 Å². The lowest BCUT2D eigenvalue weighted by Gasteiger charge is -2.36. The fraction of sp³-hybridized carbons (Fsp3) is 0.417. The van der Waals surface area contributed by atoms with Crippen molar-refractivity contribution in [1.29, 1.82) is 0 Å². The highest BCUT2D eigenvalue weighted by atomic mass is 19.4. The first-order valence-corrected chi connectivity index (χ1v) is 10.5. The molecule has 0 radical (unpaired) electrons. The predicted molar refractivity (Wildman–Crippen MR) is 118 cm³/mol. The van der Waals surface area contributed by atoms with Crippen molar-refractivity contribution in [3.05, 3.63) is 59.7 Å². The standard InChI is InChI=1S/C24H28F3N3O2/c1-23(2,3)15-21(31)28-19-8-10-20(11-9-19)30-13-5-12-29(22(30)32)16-17-6-4-7-18(14-17)24(25,26)27/h4,6-11,14H,5,12-13,15-16H2,1-3H3,(H,28,31). The molecule has 0 spiro atoms. The van der Waals surface area contributed by atoms with Crippen molar-refractivity contribution in [2.45, 2.75) is 46.3 Å². The Bertz CT molecular complexity index is 966. The van der Waals surface area contributed by atoms with Gasteiger partial charge >= 0.3 is 12.2 Å². The number of amides is 3. The molecule has 1 saturated heterocycles. The summed E-state index contributed by atoms with van der Waals surface area (Å²) in [6, 6.07) is 11.8. The fourth-order valence-electron chi connectivity index (χ4n) is 3.65. The Morgan fingerprint density at radius 1 is 1.03 bits per heavy atom. The van der Waals surface area contributed by atoms with Crippen LogP contribution in [0.5, 0.6) is 0 Å². The Labute approximate surface area is 186 Å². The molecule has 0 bridgehead atoms. The highest BCUT2D eigenvalue weighted by Crippen LogP contribution is 2.30. The Morgan fingerprint density at radius 2 is 1.72 bits per heavy atom. The molecule has 2 aromatic rings. The molecule has 3 rings (SSSR count). The van der Waals surface area contributed by atoms with Gasteiger partial charge in [0.15, 0.2) is 0 Å². The maximum absolute atomic E-state index is 13.0. The van der Waals surface area contributed by atoms with Gasteiger partial charge in [0.05, 0.1) is 5.56 Å². The highest BCUT2D eigenvalue weighted by molar-refractivity contribution is 5.94. The molecule has 2 aromatic carbocycles. The average Bonchev–Trinajstić information content (AvgIpc) is 2.68. The minimum absolute atomic E-state index is 0.0773. The van der Waals surface area contributed by atoms with Crippen LogP contribution in [0.4, 0.5) is 29.3 Å². The Hall–Kier alpha value is -3.03. The number of hydrogen-bond acceptors (Lipinski definition) is 2. The second-order valence-corrected chi connectivity index (χ2v) is 9.24. The molecule has 1 heterocycles. The molecule has 0 atom stereocenters. The molecule has 0 saturated carbocycles. The summed E-state index contributed by atoms with van der Waals surface area (Å²) in [7, 11) is 0. The highest BCUT2D eigenvalue weighted by Gasteiger charge is 2.31. The molecule has 32 heavy (non-hydrogen) atoms. The number of nitrogens with one attached hydrogen (secondary N) is 1. The number of carbonyl (C=O) groups excluding carboxylic acids is 2. The van der Waals surface area contributed by atoms with Gasteiger partial charge in [0, 0.05) is 37.4 Å². The molecule has 0 aromatic heterocycles. The average molecular weight is 448 g/mol. The second-order valence-electron chi connectivity index (χ2n) is 9.24. The van der Waals surface area contributed by atoms with Gasteiger partial charge in [-0.2, -0.15) is 13.2 Å². The molecular formula is C24H28F3N3O2. The largest absolute Gasteiger partial charge is 0.416 e. The predicted octanol–water partition coefficient (Wildman–Crippen LogP) is 5.91. The smallest absolute Gasteiger partial charge is 0.326 e. The van der Waals surface area contributed by atoms with E-state index in [1.165, 1.54) is 6.07 Å². The van der Waals surface area contributed by atoms with Crippen LogP contribution in [0.25, 0.3) is 0 Å². The maximum atomic E-state index is 13.0. The van der Waals surface area contributed by atoms with Gasteiger partial charge in [-0.25, -0.2) is 4.79 Å². The van der Waals surface area contributed by atoms with Crippen molar-refractivity contribution in [3.63, 3.8) is 0 Å². The van der Waals surface area contributed by atoms with E-state index in [1.807, 2.05) is 20.8 Å².